The maximum Gasteiger partial charge on any atom is 0.216 e. The van der Waals surface area contributed by atoms with Crippen molar-refractivity contribution in [2.24, 2.45) is 0 Å². The van der Waals surface area contributed by atoms with Gasteiger partial charge in [-0.15, -0.1) is 12.4 Å². The van der Waals surface area contributed by atoms with Crippen molar-refractivity contribution in [1.29, 1.82) is 0 Å². The van der Waals surface area contributed by atoms with Crippen LogP contribution in [-0.4, -0.2) is 27.5 Å². The molecule has 0 radical (unpaired) electrons. The summed E-state index contributed by atoms with van der Waals surface area (Å²) in [6, 6.07) is 3.93. The van der Waals surface area contributed by atoms with E-state index in [1.165, 1.54) is 18.2 Å². The first-order valence-corrected chi connectivity index (χ1v) is 8.14. The minimum absolute atomic E-state index is 0. The third-order valence-corrected chi connectivity index (χ3v) is 4.72. The lowest BCUT2D eigenvalue weighted by molar-refractivity contribution is 0.427. The van der Waals surface area contributed by atoms with Crippen LogP contribution in [0.4, 0.5) is 4.39 Å². The molecule has 1 heterocycles. The molecular weight excluding hydrogens is 326 g/mol. The van der Waals surface area contributed by atoms with Crippen LogP contribution in [0.1, 0.15) is 18.4 Å². The van der Waals surface area contributed by atoms with Gasteiger partial charge in [0.05, 0.1) is 10.8 Å². The minimum atomic E-state index is -3.42. The van der Waals surface area contributed by atoms with Crippen molar-refractivity contribution in [2.75, 3.05) is 13.1 Å². The zero-order valence-electron chi connectivity index (χ0n) is 10.7. The van der Waals surface area contributed by atoms with E-state index in [4.69, 9.17) is 11.6 Å². The number of rotatable bonds is 4. The van der Waals surface area contributed by atoms with Crippen molar-refractivity contribution in [2.45, 2.75) is 24.6 Å². The van der Waals surface area contributed by atoms with Crippen LogP contribution in [-0.2, 0) is 15.8 Å². The van der Waals surface area contributed by atoms with Gasteiger partial charge in [0.2, 0.25) is 10.0 Å². The summed E-state index contributed by atoms with van der Waals surface area (Å²) >= 11 is 5.64. The molecule has 1 saturated heterocycles. The monoisotopic (exact) mass is 342 g/mol. The van der Waals surface area contributed by atoms with Crippen LogP contribution in [0.25, 0.3) is 0 Å². The predicted octanol–water partition coefficient (Wildman–Crippen LogP) is 2.07. The molecule has 1 aromatic rings. The zero-order valence-corrected chi connectivity index (χ0v) is 13.1. The smallest absolute Gasteiger partial charge is 0.216 e. The summed E-state index contributed by atoms with van der Waals surface area (Å²) in [5, 5.41) is 3.11. The Morgan fingerprint density at radius 1 is 1.35 bits per heavy atom. The standard InChI is InChI=1S/C12H16ClFN2O2S.ClH/c13-11-7-9(1-2-12(11)14)8-19(17,18)16-10-3-5-15-6-4-10;/h1-2,7,10,15-16H,3-6,8H2;1H. The fourth-order valence-electron chi connectivity index (χ4n) is 2.08. The lowest BCUT2D eigenvalue weighted by Gasteiger charge is -2.23. The minimum Gasteiger partial charge on any atom is -0.317 e. The lowest BCUT2D eigenvalue weighted by atomic mass is 10.1. The molecule has 0 atom stereocenters. The van der Waals surface area contributed by atoms with E-state index in [0.717, 1.165) is 25.9 Å². The fourth-order valence-corrected chi connectivity index (χ4v) is 3.73. The normalized spacial score (nSPS) is 16.7. The Morgan fingerprint density at radius 2 is 2.00 bits per heavy atom. The number of piperidine rings is 1. The molecule has 0 amide bonds. The molecule has 1 fully saturated rings. The van der Waals surface area contributed by atoms with E-state index in [2.05, 4.69) is 10.0 Å². The van der Waals surface area contributed by atoms with Crippen molar-refractivity contribution < 1.29 is 12.8 Å². The van der Waals surface area contributed by atoms with Crippen LogP contribution >= 0.6 is 24.0 Å². The van der Waals surface area contributed by atoms with Crippen molar-refractivity contribution in [3.8, 4) is 0 Å². The molecule has 0 saturated carbocycles. The second-order valence-electron chi connectivity index (χ2n) is 4.65. The SMILES string of the molecule is Cl.O=S(=O)(Cc1ccc(F)c(Cl)c1)NC1CCNCC1. The van der Waals surface area contributed by atoms with Gasteiger partial charge in [0, 0.05) is 6.04 Å². The second-order valence-corrected chi connectivity index (χ2v) is 6.81. The number of sulfonamides is 1. The molecule has 1 aliphatic rings. The fraction of sp³-hybridized carbons (Fsp3) is 0.500. The van der Waals surface area contributed by atoms with Crippen molar-refractivity contribution in [3.63, 3.8) is 0 Å². The Bertz CT molecular complexity index is 548. The van der Waals surface area contributed by atoms with Gasteiger partial charge in [0.15, 0.2) is 0 Å². The van der Waals surface area contributed by atoms with E-state index in [0.29, 0.717) is 5.56 Å². The molecule has 2 rings (SSSR count). The largest absolute Gasteiger partial charge is 0.317 e. The highest BCUT2D eigenvalue weighted by atomic mass is 35.5. The van der Waals surface area contributed by atoms with Gasteiger partial charge >= 0.3 is 0 Å². The molecule has 0 aromatic heterocycles. The van der Waals surface area contributed by atoms with Crippen LogP contribution in [0.15, 0.2) is 18.2 Å². The highest BCUT2D eigenvalue weighted by molar-refractivity contribution is 7.88. The number of halogens is 3. The molecule has 20 heavy (non-hydrogen) atoms. The second kappa shape index (κ2) is 7.56. The van der Waals surface area contributed by atoms with Gasteiger partial charge in [0.25, 0.3) is 0 Å². The van der Waals surface area contributed by atoms with E-state index >= 15 is 0 Å². The topological polar surface area (TPSA) is 58.2 Å². The van der Waals surface area contributed by atoms with E-state index in [1.54, 1.807) is 0 Å². The van der Waals surface area contributed by atoms with Crippen LogP contribution in [0.3, 0.4) is 0 Å². The molecule has 0 unspecified atom stereocenters. The molecule has 0 bridgehead atoms. The lowest BCUT2D eigenvalue weighted by Crippen LogP contribution is -2.43. The van der Waals surface area contributed by atoms with Gasteiger partial charge < -0.3 is 5.32 Å². The average Bonchev–Trinajstić information content (AvgIpc) is 2.34. The highest BCUT2D eigenvalue weighted by Gasteiger charge is 2.20. The Balaban J connectivity index is 0.00000200. The summed E-state index contributed by atoms with van der Waals surface area (Å²) in [6.07, 6.45) is 1.56. The van der Waals surface area contributed by atoms with Gasteiger partial charge in [-0.2, -0.15) is 0 Å². The summed E-state index contributed by atoms with van der Waals surface area (Å²) in [4.78, 5) is 0. The summed E-state index contributed by atoms with van der Waals surface area (Å²) in [6.45, 7) is 1.63. The molecule has 0 aliphatic carbocycles. The molecule has 1 aromatic carbocycles. The quantitative estimate of drug-likeness (QED) is 0.880. The maximum absolute atomic E-state index is 13.0. The third kappa shape index (κ3) is 5.18. The summed E-state index contributed by atoms with van der Waals surface area (Å²) in [5.41, 5.74) is 0.479. The Labute approximate surface area is 129 Å². The van der Waals surface area contributed by atoms with Gasteiger partial charge in [-0.25, -0.2) is 17.5 Å². The first-order valence-electron chi connectivity index (χ1n) is 6.11. The Morgan fingerprint density at radius 3 is 2.60 bits per heavy atom. The van der Waals surface area contributed by atoms with Crippen LogP contribution in [0, 0.1) is 5.82 Å². The first kappa shape index (κ1) is 17.7. The highest BCUT2D eigenvalue weighted by Crippen LogP contribution is 2.17. The zero-order chi connectivity index (χ0) is 13.9. The molecule has 114 valence electrons. The summed E-state index contributed by atoms with van der Waals surface area (Å²) in [5.74, 6) is -0.731. The molecule has 8 heteroatoms. The summed E-state index contributed by atoms with van der Waals surface area (Å²) in [7, 11) is -3.42. The van der Waals surface area contributed by atoms with Crippen LogP contribution in [0.2, 0.25) is 5.02 Å². The van der Waals surface area contributed by atoms with Gasteiger partial charge in [-0.05, 0) is 43.6 Å². The molecule has 1 aliphatic heterocycles. The van der Waals surface area contributed by atoms with Crippen molar-refractivity contribution in [3.05, 3.63) is 34.6 Å². The predicted molar refractivity (Wildman–Crippen MR) is 80.3 cm³/mol. The van der Waals surface area contributed by atoms with Crippen molar-refractivity contribution in [1.82, 2.24) is 10.0 Å². The number of benzene rings is 1. The van der Waals surface area contributed by atoms with E-state index in [1.807, 2.05) is 0 Å². The molecule has 0 spiro atoms. The first-order chi connectivity index (χ1) is 8.96. The van der Waals surface area contributed by atoms with E-state index in [-0.39, 0.29) is 29.2 Å². The van der Waals surface area contributed by atoms with Crippen LogP contribution < -0.4 is 10.0 Å². The summed E-state index contributed by atoms with van der Waals surface area (Å²) < 4.78 is 39.7. The van der Waals surface area contributed by atoms with Crippen molar-refractivity contribution >= 4 is 34.0 Å². The van der Waals surface area contributed by atoms with E-state index in [9.17, 15) is 12.8 Å². The number of nitrogens with one attached hydrogen (secondary N) is 2. The number of hydrogen-bond acceptors (Lipinski definition) is 3. The Hall–Kier alpha value is -0.400. The van der Waals surface area contributed by atoms with E-state index < -0.39 is 15.8 Å². The van der Waals surface area contributed by atoms with Gasteiger partial charge in [-0.3, -0.25) is 0 Å². The van der Waals surface area contributed by atoms with Gasteiger partial charge in [-0.1, -0.05) is 17.7 Å². The molecule has 4 nitrogen and oxygen atoms in total. The third-order valence-electron chi connectivity index (χ3n) is 3.03. The number of hydrogen-bond donors (Lipinski definition) is 2. The average molecular weight is 343 g/mol. The van der Waals surface area contributed by atoms with Gasteiger partial charge in [0.1, 0.15) is 5.82 Å². The van der Waals surface area contributed by atoms with Crippen LogP contribution in [0.5, 0.6) is 0 Å². The maximum atomic E-state index is 13.0. The Kier molecular flexibility index (Phi) is 6.68. The molecule has 2 N–H and O–H groups in total. The molecular formula is C12H17Cl2FN2O2S.